The highest BCUT2D eigenvalue weighted by molar-refractivity contribution is 5.98. The largest absolute Gasteiger partial charge is 0.507 e. The second kappa shape index (κ2) is 23.9. The van der Waals surface area contributed by atoms with Crippen LogP contribution >= 0.6 is 0 Å². The van der Waals surface area contributed by atoms with E-state index in [4.69, 9.17) is 15.2 Å². The second-order valence-electron chi connectivity index (χ2n) is 16.0. The quantitative estimate of drug-likeness (QED) is 0.0620. The molecule has 0 saturated carbocycles. The van der Waals surface area contributed by atoms with Gasteiger partial charge in [-0.05, 0) is 75.2 Å². The van der Waals surface area contributed by atoms with Crippen LogP contribution in [0.1, 0.15) is 67.2 Å². The number of aromatic nitrogens is 1. The summed E-state index contributed by atoms with van der Waals surface area (Å²) in [6, 6.07) is 12.4. The van der Waals surface area contributed by atoms with Crippen LogP contribution in [0, 0.1) is 13.8 Å². The Kier molecular flexibility index (Phi) is 19.4. The smallest absolute Gasteiger partial charge is 0.255 e. The lowest BCUT2D eigenvalue weighted by Crippen LogP contribution is -2.49. The molecule has 1 aliphatic rings. The van der Waals surface area contributed by atoms with Crippen LogP contribution < -0.4 is 10.6 Å². The van der Waals surface area contributed by atoms with Crippen LogP contribution in [0.25, 0.3) is 0 Å². The fourth-order valence-electron chi connectivity index (χ4n) is 7.29. The SMILES string of the molecule is Cc1cc(CN2CCCCN(Cc3cc(C)cc(C(=O)NCC(O)C(O)C(O)C(O)CO)c3O)CCc3cccc(n3)CC2)c(O)c(C(=O)NCC(O)C(O)C(O)C(O)CO)c1. The van der Waals surface area contributed by atoms with Crippen LogP contribution in [0.5, 0.6) is 11.5 Å². The molecular weight excluding hydrogens is 810 g/mol. The van der Waals surface area contributed by atoms with Gasteiger partial charge < -0.3 is 71.9 Å². The molecule has 3 aromatic rings. The van der Waals surface area contributed by atoms with E-state index in [2.05, 4.69) is 20.4 Å². The highest BCUT2D eigenvalue weighted by Gasteiger charge is 2.32. The van der Waals surface area contributed by atoms with Gasteiger partial charge in [0.15, 0.2) is 0 Å². The van der Waals surface area contributed by atoms with E-state index in [9.17, 15) is 60.7 Å². The molecule has 62 heavy (non-hydrogen) atoms. The number of nitrogens with one attached hydrogen (secondary N) is 2. The summed E-state index contributed by atoms with van der Waals surface area (Å²) in [7, 11) is 0. The third kappa shape index (κ3) is 14.1. The number of pyridine rings is 1. The standard InChI is InChI=1S/C43H63N5O14/c1-24-14-26(36(55)30(16-24)42(61)44-18-32(51)38(57)40(59)34(53)22-49)20-47-10-3-4-11-48(13-9-29-7-5-6-28(46-29)8-12-47)21-27-15-25(2)17-31(37(27)56)43(62)45-19-33(52)39(58)41(60)35(54)23-50/h5-7,14-17,32-35,38-41,49-60H,3-4,8-13,18-23H2,1-2H3,(H,44,61)(H,45,62). The predicted molar refractivity (Wildman–Crippen MR) is 224 cm³/mol. The third-order valence-corrected chi connectivity index (χ3v) is 11.0. The molecule has 2 amide bonds. The number of hydrogen-bond donors (Lipinski definition) is 14. The first kappa shape index (κ1) is 50.3. The predicted octanol–water partition coefficient (Wildman–Crippen LogP) is -2.68. The molecular formula is C43H63N5O14. The van der Waals surface area contributed by atoms with Gasteiger partial charge in [0.1, 0.15) is 48.1 Å². The Balaban J connectivity index is 1.46. The number of rotatable bonds is 18. The van der Waals surface area contributed by atoms with Gasteiger partial charge in [-0.3, -0.25) is 24.4 Å². The van der Waals surface area contributed by atoms with Crippen LogP contribution in [-0.2, 0) is 25.9 Å². The van der Waals surface area contributed by atoms with Gasteiger partial charge in [-0.25, -0.2) is 0 Å². The number of aliphatic hydroxyl groups is 10. The molecule has 0 aliphatic carbocycles. The maximum absolute atomic E-state index is 13.2. The number of carbonyl (C=O) groups is 2. The van der Waals surface area contributed by atoms with Crippen molar-refractivity contribution in [2.24, 2.45) is 0 Å². The summed E-state index contributed by atoms with van der Waals surface area (Å²) in [5.74, 6) is -1.99. The molecule has 0 saturated heterocycles. The number of aliphatic hydroxyl groups excluding tert-OH is 10. The lowest BCUT2D eigenvalue weighted by molar-refractivity contribution is -0.113. The van der Waals surface area contributed by atoms with Gasteiger partial charge in [-0.2, -0.15) is 0 Å². The number of amides is 2. The Hall–Kier alpha value is -4.35. The van der Waals surface area contributed by atoms with E-state index in [1.165, 1.54) is 12.1 Å². The van der Waals surface area contributed by atoms with Gasteiger partial charge in [-0.15, -0.1) is 0 Å². The van der Waals surface area contributed by atoms with Gasteiger partial charge >= 0.3 is 0 Å². The van der Waals surface area contributed by atoms with Crippen molar-refractivity contribution in [2.45, 2.75) is 101 Å². The number of nitrogens with zero attached hydrogens (tertiary/aromatic N) is 3. The maximum Gasteiger partial charge on any atom is 0.255 e. The van der Waals surface area contributed by atoms with Crippen molar-refractivity contribution in [3.63, 3.8) is 0 Å². The number of aromatic hydroxyl groups is 2. The van der Waals surface area contributed by atoms with Gasteiger partial charge in [0.25, 0.3) is 11.8 Å². The summed E-state index contributed by atoms with van der Waals surface area (Å²) < 4.78 is 0. The van der Waals surface area contributed by atoms with Crippen molar-refractivity contribution in [1.29, 1.82) is 0 Å². The Bertz CT molecular complexity index is 1790. The summed E-state index contributed by atoms with van der Waals surface area (Å²) in [4.78, 5) is 35.6. The van der Waals surface area contributed by atoms with E-state index in [0.717, 1.165) is 24.2 Å². The Morgan fingerprint density at radius 1 is 0.597 bits per heavy atom. The molecule has 344 valence electrons. The highest BCUT2D eigenvalue weighted by atomic mass is 16.4. The molecule has 2 heterocycles. The number of fused-ring (bicyclic) bond motifs is 2. The molecule has 19 heteroatoms. The molecule has 2 bridgehead atoms. The molecule has 1 aliphatic heterocycles. The van der Waals surface area contributed by atoms with Crippen LogP contribution in [0.2, 0.25) is 0 Å². The van der Waals surface area contributed by atoms with Gasteiger partial charge in [0.05, 0.1) is 36.5 Å². The summed E-state index contributed by atoms with van der Waals surface area (Å²) in [5, 5.41) is 125. The lowest BCUT2D eigenvalue weighted by Gasteiger charge is -2.26. The van der Waals surface area contributed by atoms with E-state index in [0.29, 0.717) is 61.3 Å². The minimum absolute atomic E-state index is 0.0558. The zero-order chi connectivity index (χ0) is 45.7. The molecule has 8 unspecified atom stereocenters. The average molecular weight is 874 g/mol. The monoisotopic (exact) mass is 873 g/mol. The molecule has 0 fully saturated rings. The molecule has 19 nitrogen and oxygen atoms in total. The summed E-state index contributed by atoms with van der Waals surface area (Å²) in [6.07, 6.45) is -11.5. The van der Waals surface area contributed by atoms with Crippen molar-refractivity contribution in [3.8, 4) is 11.5 Å². The molecule has 0 spiro atoms. The molecule has 4 rings (SSSR count). The second-order valence-corrected chi connectivity index (χ2v) is 16.0. The van der Waals surface area contributed by atoms with Crippen LogP contribution in [0.3, 0.4) is 0 Å². The Morgan fingerprint density at radius 3 is 1.34 bits per heavy atom. The van der Waals surface area contributed by atoms with Crippen LogP contribution in [0.4, 0.5) is 0 Å². The Labute approximate surface area is 360 Å². The number of benzene rings is 2. The number of hydrogen-bond acceptors (Lipinski definition) is 17. The average Bonchev–Trinajstić information content (AvgIpc) is 3.27. The molecule has 2 aromatic carbocycles. The Morgan fingerprint density at radius 2 is 0.968 bits per heavy atom. The first-order chi connectivity index (χ1) is 29.4. The minimum Gasteiger partial charge on any atom is -0.507 e. The lowest BCUT2D eigenvalue weighted by atomic mass is 10.0. The van der Waals surface area contributed by atoms with E-state index in [-0.39, 0.29) is 35.7 Å². The van der Waals surface area contributed by atoms with Crippen LogP contribution in [-0.4, -0.2) is 189 Å². The van der Waals surface area contributed by atoms with E-state index in [1.807, 2.05) is 18.2 Å². The summed E-state index contributed by atoms with van der Waals surface area (Å²) in [6.45, 7) is 3.79. The maximum atomic E-state index is 13.2. The highest BCUT2D eigenvalue weighted by Crippen LogP contribution is 2.28. The zero-order valence-corrected chi connectivity index (χ0v) is 35.1. The number of carbonyl (C=O) groups excluding carboxylic acids is 2. The number of phenols is 2. The van der Waals surface area contributed by atoms with Crippen molar-refractivity contribution >= 4 is 11.8 Å². The molecule has 0 radical (unpaired) electrons. The topological polar surface area (TPSA) is 320 Å². The fraction of sp³-hybridized carbons (Fsp3) is 0.558. The third-order valence-electron chi connectivity index (χ3n) is 11.0. The molecule has 8 atom stereocenters. The minimum atomic E-state index is -1.87. The fourth-order valence-corrected chi connectivity index (χ4v) is 7.29. The number of aryl methyl sites for hydroxylation is 2. The summed E-state index contributed by atoms with van der Waals surface area (Å²) in [5.41, 5.74) is 3.98. The van der Waals surface area contributed by atoms with Crippen LogP contribution in [0.15, 0.2) is 42.5 Å². The van der Waals surface area contributed by atoms with E-state index >= 15 is 0 Å². The first-order valence-electron chi connectivity index (χ1n) is 20.7. The van der Waals surface area contributed by atoms with Crippen molar-refractivity contribution in [3.05, 3.63) is 87.2 Å². The van der Waals surface area contributed by atoms with Crippen molar-refractivity contribution < 1.29 is 70.9 Å². The van der Waals surface area contributed by atoms with Gasteiger partial charge in [0, 0.05) is 74.6 Å². The van der Waals surface area contributed by atoms with Crippen molar-refractivity contribution in [2.75, 3.05) is 52.5 Å². The number of phenolic OH excluding ortho intramolecular Hbond substituents is 2. The molecule has 1 aromatic heterocycles. The summed E-state index contributed by atoms with van der Waals surface area (Å²) >= 11 is 0. The normalized spacial score (nSPS) is 18.5. The first-order valence-corrected chi connectivity index (χ1v) is 20.7. The zero-order valence-electron chi connectivity index (χ0n) is 35.1. The van der Waals surface area contributed by atoms with E-state index < -0.39 is 86.9 Å². The van der Waals surface area contributed by atoms with Gasteiger partial charge in [-0.1, -0.05) is 18.2 Å². The van der Waals surface area contributed by atoms with Crippen molar-refractivity contribution in [1.82, 2.24) is 25.4 Å². The van der Waals surface area contributed by atoms with Gasteiger partial charge in [0.2, 0.25) is 0 Å². The molecule has 14 N–H and O–H groups in total. The van der Waals surface area contributed by atoms with E-state index in [1.54, 1.807) is 26.0 Å².